The van der Waals surface area contributed by atoms with E-state index in [1.54, 1.807) is 12.1 Å². The van der Waals surface area contributed by atoms with E-state index in [4.69, 9.17) is 4.42 Å². The van der Waals surface area contributed by atoms with Gasteiger partial charge in [0.05, 0.1) is 11.3 Å². The summed E-state index contributed by atoms with van der Waals surface area (Å²) in [5.74, 6) is 1.51. The molecule has 1 fully saturated rings. The Kier molecular flexibility index (Phi) is 3.74. The first-order valence-electron chi connectivity index (χ1n) is 8.46. The number of hydrogen-bond acceptors (Lipinski definition) is 5. The van der Waals surface area contributed by atoms with Gasteiger partial charge < -0.3 is 4.42 Å². The van der Waals surface area contributed by atoms with Crippen molar-refractivity contribution in [2.24, 2.45) is 0 Å². The van der Waals surface area contributed by atoms with E-state index in [2.05, 4.69) is 15.2 Å². The zero-order valence-electron chi connectivity index (χ0n) is 13.8. The van der Waals surface area contributed by atoms with Crippen molar-refractivity contribution in [1.82, 2.24) is 19.7 Å². The third-order valence-electron chi connectivity index (χ3n) is 4.35. The van der Waals surface area contributed by atoms with E-state index in [1.165, 1.54) is 17.8 Å². The van der Waals surface area contributed by atoms with Crippen LogP contribution in [0.25, 0.3) is 22.5 Å². The molecule has 2 aromatic carbocycles. The van der Waals surface area contributed by atoms with E-state index in [0.717, 1.165) is 29.1 Å². The Morgan fingerprint density at radius 1 is 1.08 bits per heavy atom. The van der Waals surface area contributed by atoms with Crippen molar-refractivity contribution >= 4 is 22.9 Å². The van der Waals surface area contributed by atoms with Gasteiger partial charge in [0, 0.05) is 6.04 Å². The summed E-state index contributed by atoms with van der Waals surface area (Å²) in [6.45, 7) is 0. The van der Waals surface area contributed by atoms with Crippen LogP contribution in [0.4, 0.5) is 4.39 Å². The molecule has 0 amide bonds. The molecular formula is C19H15FN4OS. The van der Waals surface area contributed by atoms with Crippen LogP contribution in [0.15, 0.2) is 58.1 Å². The molecule has 2 aromatic heterocycles. The molecule has 5 nitrogen and oxygen atoms in total. The number of oxazole rings is 1. The number of halogens is 1. The third-order valence-corrected chi connectivity index (χ3v) is 5.28. The summed E-state index contributed by atoms with van der Waals surface area (Å²) >= 11 is 1.52. The molecule has 0 aliphatic heterocycles. The summed E-state index contributed by atoms with van der Waals surface area (Å²) in [5, 5.41) is 9.34. The van der Waals surface area contributed by atoms with E-state index in [-0.39, 0.29) is 5.82 Å². The molecule has 0 unspecified atom stereocenters. The van der Waals surface area contributed by atoms with Crippen LogP contribution >= 0.6 is 11.8 Å². The van der Waals surface area contributed by atoms with Crippen LogP contribution in [-0.4, -0.2) is 19.7 Å². The minimum atomic E-state index is -0.280. The van der Waals surface area contributed by atoms with Crippen molar-refractivity contribution < 1.29 is 8.81 Å². The number of thioether (sulfide) groups is 1. The Morgan fingerprint density at radius 3 is 2.69 bits per heavy atom. The largest absolute Gasteiger partial charge is 0.440 e. The molecule has 1 aliphatic rings. The van der Waals surface area contributed by atoms with Crippen molar-refractivity contribution in [2.45, 2.75) is 29.8 Å². The molecule has 26 heavy (non-hydrogen) atoms. The van der Waals surface area contributed by atoms with E-state index in [0.29, 0.717) is 29.1 Å². The molecule has 1 saturated carbocycles. The normalized spacial score (nSPS) is 14.2. The molecule has 0 N–H and O–H groups in total. The van der Waals surface area contributed by atoms with Crippen LogP contribution in [0.1, 0.15) is 24.8 Å². The second-order valence-electron chi connectivity index (χ2n) is 6.25. The fraction of sp³-hybridized carbons (Fsp3) is 0.211. The standard InChI is InChI=1S/C19H15FN4OS/c20-14-6-2-1-5-13(14)18-22-23-19(24(18)12-9-10-12)26-11-17-21-15-7-3-4-8-16(15)25-17/h1-8,12H,9-11H2. The van der Waals surface area contributed by atoms with Crippen molar-refractivity contribution in [3.8, 4) is 11.4 Å². The van der Waals surface area contributed by atoms with E-state index in [9.17, 15) is 4.39 Å². The lowest BCUT2D eigenvalue weighted by molar-refractivity contribution is 0.555. The Balaban J connectivity index is 1.45. The van der Waals surface area contributed by atoms with Crippen molar-refractivity contribution in [1.29, 1.82) is 0 Å². The van der Waals surface area contributed by atoms with Gasteiger partial charge in [0.25, 0.3) is 0 Å². The van der Waals surface area contributed by atoms with Crippen LogP contribution in [0.2, 0.25) is 0 Å². The number of para-hydroxylation sites is 2. The van der Waals surface area contributed by atoms with Gasteiger partial charge >= 0.3 is 0 Å². The summed E-state index contributed by atoms with van der Waals surface area (Å²) in [4.78, 5) is 4.49. The molecule has 7 heteroatoms. The first-order chi connectivity index (χ1) is 12.8. The van der Waals surface area contributed by atoms with Gasteiger partial charge in [-0.05, 0) is 37.1 Å². The SMILES string of the molecule is Fc1ccccc1-c1nnc(SCc2nc3ccccc3o2)n1C1CC1. The molecule has 0 saturated heterocycles. The lowest BCUT2D eigenvalue weighted by Crippen LogP contribution is -2.01. The lowest BCUT2D eigenvalue weighted by atomic mass is 10.2. The molecule has 0 radical (unpaired) electrons. The highest BCUT2D eigenvalue weighted by molar-refractivity contribution is 7.98. The first kappa shape index (κ1) is 15.6. The quantitative estimate of drug-likeness (QED) is 0.473. The van der Waals surface area contributed by atoms with Gasteiger partial charge in [0.2, 0.25) is 5.89 Å². The van der Waals surface area contributed by atoms with Gasteiger partial charge in [-0.3, -0.25) is 4.57 Å². The van der Waals surface area contributed by atoms with Gasteiger partial charge in [-0.25, -0.2) is 9.37 Å². The molecule has 5 rings (SSSR count). The van der Waals surface area contributed by atoms with Crippen LogP contribution in [0.3, 0.4) is 0 Å². The molecule has 1 aliphatic carbocycles. The highest BCUT2D eigenvalue weighted by Gasteiger charge is 2.31. The Labute approximate surface area is 153 Å². The second-order valence-corrected chi connectivity index (χ2v) is 7.19. The summed E-state index contributed by atoms with van der Waals surface area (Å²) in [5.41, 5.74) is 2.11. The van der Waals surface area contributed by atoms with Crippen LogP contribution in [0.5, 0.6) is 0 Å². The number of benzene rings is 2. The second kappa shape index (κ2) is 6.25. The minimum Gasteiger partial charge on any atom is -0.440 e. The first-order valence-corrected chi connectivity index (χ1v) is 9.45. The number of nitrogens with zero attached hydrogens (tertiary/aromatic N) is 4. The predicted molar refractivity (Wildman–Crippen MR) is 97.3 cm³/mol. The molecule has 0 spiro atoms. The highest BCUT2D eigenvalue weighted by atomic mass is 32.2. The average Bonchev–Trinajstić information content (AvgIpc) is 3.27. The highest BCUT2D eigenvalue weighted by Crippen LogP contribution is 2.41. The summed E-state index contributed by atoms with van der Waals surface area (Å²) in [6, 6.07) is 14.7. The van der Waals surface area contributed by atoms with Crippen molar-refractivity contribution in [2.75, 3.05) is 0 Å². The monoisotopic (exact) mass is 366 g/mol. The molecular weight excluding hydrogens is 351 g/mol. The van der Waals surface area contributed by atoms with Gasteiger partial charge in [0.15, 0.2) is 16.6 Å². The zero-order chi connectivity index (χ0) is 17.5. The average molecular weight is 366 g/mol. The van der Waals surface area contributed by atoms with Gasteiger partial charge in [-0.15, -0.1) is 10.2 Å². The van der Waals surface area contributed by atoms with E-state index >= 15 is 0 Å². The minimum absolute atomic E-state index is 0.280. The van der Waals surface area contributed by atoms with Gasteiger partial charge in [-0.1, -0.05) is 36.0 Å². The summed E-state index contributed by atoms with van der Waals surface area (Å²) in [6.07, 6.45) is 2.13. The third kappa shape index (κ3) is 2.78. The zero-order valence-corrected chi connectivity index (χ0v) is 14.6. The Morgan fingerprint density at radius 2 is 1.88 bits per heavy atom. The maximum Gasteiger partial charge on any atom is 0.205 e. The van der Waals surface area contributed by atoms with Crippen molar-refractivity contribution in [3.05, 3.63) is 60.2 Å². The Hall–Kier alpha value is -2.67. The number of aromatic nitrogens is 4. The number of rotatable bonds is 5. The van der Waals surface area contributed by atoms with Crippen LogP contribution < -0.4 is 0 Å². The molecule has 130 valence electrons. The smallest absolute Gasteiger partial charge is 0.205 e. The van der Waals surface area contributed by atoms with E-state index < -0.39 is 0 Å². The van der Waals surface area contributed by atoms with Gasteiger partial charge in [0.1, 0.15) is 11.3 Å². The molecule has 4 aromatic rings. The lowest BCUT2D eigenvalue weighted by Gasteiger charge is -2.08. The molecule has 0 bridgehead atoms. The van der Waals surface area contributed by atoms with Gasteiger partial charge in [-0.2, -0.15) is 0 Å². The molecule has 0 atom stereocenters. The maximum atomic E-state index is 14.2. The topological polar surface area (TPSA) is 56.7 Å². The number of hydrogen-bond donors (Lipinski definition) is 0. The number of fused-ring (bicyclic) bond motifs is 1. The Bertz CT molecular complexity index is 1050. The molecule has 2 heterocycles. The summed E-state index contributed by atoms with van der Waals surface area (Å²) < 4.78 is 22.0. The van der Waals surface area contributed by atoms with E-state index in [1.807, 2.05) is 34.9 Å². The fourth-order valence-corrected chi connectivity index (χ4v) is 3.82. The summed E-state index contributed by atoms with van der Waals surface area (Å²) in [7, 11) is 0. The van der Waals surface area contributed by atoms with Crippen LogP contribution in [-0.2, 0) is 5.75 Å². The predicted octanol–water partition coefficient (Wildman–Crippen LogP) is 4.85. The fourth-order valence-electron chi connectivity index (χ4n) is 2.97. The van der Waals surface area contributed by atoms with Crippen molar-refractivity contribution in [3.63, 3.8) is 0 Å². The maximum absolute atomic E-state index is 14.2. The van der Waals surface area contributed by atoms with Crippen LogP contribution in [0, 0.1) is 5.82 Å².